The summed E-state index contributed by atoms with van der Waals surface area (Å²) in [5, 5.41) is 3.46. The van der Waals surface area contributed by atoms with Gasteiger partial charge in [0, 0.05) is 0 Å². The Morgan fingerprint density at radius 3 is 2.25 bits per heavy atom. The lowest BCUT2D eigenvalue weighted by atomic mass is 9.84. The minimum atomic E-state index is 0.263. The summed E-state index contributed by atoms with van der Waals surface area (Å²) in [6, 6.07) is 9.29. The second-order valence-electron chi connectivity index (χ2n) is 7.69. The molecule has 0 radical (unpaired) electrons. The predicted octanol–water partition coefficient (Wildman–Crippen LogP) is 4.55. The third-order valence-electron chi connectivity index (χ3n) is 4.60. The third kappa shape index (κ3) is 4.63. The molecule has 0 aliphatic carbocycles. The molecule has 1 unspecified atom stereocenters. The molecule has 1 nitrogen and oxygen atoms in total. The van der Waals surface area contributed by atoms with Gasteiger partial charge in [-0.3, -0.25) is 0 Å². The highest BCUT2D eigenvalue weighted by atomic mass is 14.9. The fourth-order valence-electron chi connectivity index (χ4n) is 3.31. The summed E-state index contributed by atoms with van der Waals surface area (Å²) < 4.78 is 0. The molecule has 2 rings (SSSR count). The molecule has 1 aromatic rings. The first-order chi connectivity index (χ1) is 9.45. The maximum Gasteiger partial charge on any atom is -0.00463 e. The smallest absolute Gasteiger partial charge is 0.00463 e. The van der Waals surface area contributed by atoms with E-state index >= 15 is 0 Å². The van der Waals surface area contributed by atoms with Crippen LogP contribution in [0.15, 0.2) is 24.3 Å². The second-order valence-corrected chi connectivity index (χ2v) is 7.69. The monoisotopic (exact) mass is 273 g/mol. The van der Waals surface area contributed by atoms with Gasteiger partial charge in [0.2, 0.25) is 0 Å². The van der Waals surface area contributed by atoms with E-state index in [9.17, 15) is 0 Å². The Morgan fingerprint density at radius 2 is 1.70 bits per heavy atom. The first-order valence-corrected chi connectivity index (χ1v) is 8.25. The molecular formula is C19H31N. The van der Waals surface area contributed by atoms with Gasteiger partial charge in [-0.15, -0.1) is 0 Å². The summed E-state index contributed by atoms with van der Waals surface area (Å²) in [4.78, 5) is 0. The third-order valence-corrected chi connectivity index (χ3v) is 4.60. The van der Waals surface area contributed by atoms with Gasteiger partial charge in [0.1, 0.15) is 0 Å². The molecule has 1 aliphatic rings. The van der Waals surface area contributed by atoms with E-state index in [0.717, 1.165) is 11.8 Å². The van der Waals surface area contributed by atoms with Gasteiger partial charge in [-0.05, 0) is 67.2 Å². The van der Waals surface area contributed by atoms with E-state index in [1.165, 1.54) is 49.9 Å². The molecule has 1 heteroatoms. The number of benzene rings is 1. The van der Waals surface area contributed by atoms with Gasteiger partial charge in [-0.25, -0.2) is 0 Å². The van der Waals surface area contributed by atoms with E-state index in [1.807, 2.05) is 0 Å². The van der Waals surface area contributed by atoms with Crippen molar-refractivity contribution in [2.45, 2.75) is 58.8 Å². The lowest BCUT2D eigenvalue weighted by Crippen LogP contribution is -2.28. The zero-order valence-electron chi connectivity index (χ0n) is 13.7. The quantitative estimate of drug-likeness (QED) is 0.848. The van der Waals surface area contributed by atoms with Crippen LogP contribution in [0.3, 0.4) is 0 Å². The van der Waals surface area contributed by atoms with Crippen molar-refractivity contribution in [3.05, 3.63) is 35.4 Å². The van der Waals surface area contributed by atoms with Crippen LogP contribution in [0.5, 0.6) is 0 Å². The molecule has 0 bridgehead atoms. The number of hydrogen-bond acceptors (Lipinski definition) is 1. The fraction of sp³-hybridized carbons (Fsp3) is 0.684. The molecule has 1 aliphatic heterocycles. The van der Waals surface area contributed by atoms with Crippen molar-refractivity contribution in [3.8, 4) is 0 Å². The average Bonchev–Trinajstić information content (AvgIpc) is 2.39. The molecule has 1 heterocycles. The van der Waals surface area contributed by atoms with Gasteiger partial charge >= 0.3 is 0 Å². The normalized spacial score (nSPS) is 19.0. The van der Waals surface area contributed by atoms with E-state index in [1.54, 1.807) is 0 Å². The van der Waals surface area contributed by atoms with Gasteiger partial charge < -0.3 is 5.32 Å². The molecule has 0 saturated carbocycles. The molecular weight excluding hydrogens is 242 g/mol. The van der Waals surface area contributed by atoms with Crippen LogP contribution in [0.4, 0.5) is 0 Å². The molecule has 112 valence electrons. The van der Waals surface area contributed by atoms with Crippen molar-refractivity contribution in [3.63, 3.8) is 0 Å². The second kappa shape index (κ2) is 6.76. The van der Waals surface area contributed by atoms with Gasteiger partial charge in [0.15, 0.2) is 0 Å². The molecule has 0 amide bonds. The van der Waals surface area contributed by atoms with Crippen molar-refractivity contribution in [2.24, 2.45) is 11.8 Å². The SMILES string of the molecule is CC(Cc1ccc(C(C)(C)C)cc1)CC1CCNCC1. The zero-order valence-corrected chi connectivity index (χ0v) is 13.7. The largest absolute Gasteiger partial charge is 0.317 e. The Balaban J connectivity index is 1.86. The predicted molar refractivity (Wildman–Crippen MR) is 88.2 cm³/mol. The van der Waals surface area contributed by atoms with Crippen LogP contribution in [0.25, 0.3) is 0 Å². The Labute approximate surface area is 125 Å². The van der Waals surface area contributed by atoms with Crippen molar-refractivity contribution in [2.75, 3.05) is 13.1 Å². The Morgan fingerprint density at radius 1 is 1.10 bits per heavy atom. The van der Waals surface area contributed by atoms with Gasteiger partial charge in [0.25, 0.3) is 0 Å². The van der Waals surface area contributed by atoms with Crippen LogP contribution < -0.4 is 5.32 Å². The first-order valence-electron chi connectivity index (χ1n) is 8.25. The summed E-state index contributed by atoms with van der Waals surface area (Å²) >= 11 is 0. The minimum absolute atomic E-state index is 0.263. The number of nitrogens with one attached hydrogen (secondary N) is 1. The van der Waals surface area contributed by atoms with E-state index in [0.29, 0.717) is 0 Å². The molecule has 0 spiro atoms. The van der Waals surface area contributed by atoms with E-state index < -0.39 is 0 Å². The lowest BCUT2D eigenvalue weighted by molar-refractivity contribution is 0.307. The summed E-state index contributed by atoms with van der Waals surface area (Å²) in [6.45, 7) is 11.7. The number of rotatable bonds is 4. The average molecular weight is 273 g/mol. The highest BCUT2D eigenvalue weighted by Gasteiger charge is 2.17. The van der Waals surface area contributed by atoms with E-state index in [4.69, 9.17) is 0 Å². The van der Waals surface area contributed by atoms with Crippen LogP contribution in [-0.4, -0.2) is 13.1 Å². The van der Waals surface area contributed by atoms with Gasteiger partial charge in [-0.2, -0.15) is 0 Å². The van der Waals surface area contributed by atoms with Crippen LogP contribution >= 0.6 is 0 Å². The topological polar surface area (TPSA) is 12.0 Å². The first kappa shape index (κ1) is 15.6. The maximum atomic E-state index is 3.46. The van der Waals surface area contributed by atoms with Crippen LogP contribution in [0, 0.1) is 11.8 Å². The number of hydrogen-bond donors (Lipinski definition) is 1. The summed E-state index contributed by atoms with van der Waals surface area (Å²) in [5.41, 5.74) is 3.20. The summed E-state index contributed by atoms with van der Waals surface area (Å²) in [7, 11) is 0. The minimum Gasteiger partial charge on any atom is -0.317 e. The van der Waals surface area contributed by atoms with E-state index in [2.05, 4.69) is 57.3 Å². The molecule has 1 saturated heterocycles. The van der Waals surface area contributed by atoms with Crippen LogP contribution in [0.2, 0.25) is 0 Å². The number of piperidine rings is 1. The molecule has 1 N–H and O–H groups in total. The van der Waals surface area contributed by atoms with E-state index in [-0.39, 0.29) is 5.41 Å². The molecule has 20 heavy (non-hydrogen) atoms. The highest BCUT2D eigenvalue weighted by molar-refractivity contribution is 5.27. The van der Waals surface area contributed by atoms with Gasteiger partial charge in [0.05, 0.1) is 0 Å². The van der Waals surface area contributed by atoms with Crippen LogP contribution in [-0.2, 0) is 11.8 Å². The van der Waals surface area contributed by atoms with Crippen LogP contribution in [0.1, 0.15) is 58.1 Å². The maximum absolute atomic E-state index is 3.46. The molecule has 1 aromatic carbocycles. The van der Waals surface area contributed by atoms with Crippen molar-refractivity contribution in [1.82, 2.24) is 5.32 Å². The molecule has 1 fully saturated rings. The molecule has 0 aromatic heterocycles. The zero-order chi connectivity index (χ0) is 14.6. The Hall–Kier alpha value is -0.820. The standard InChI is InChI=1S/C19H31N/c1-15(14-17-9-11-20-12-10-17)13-16-5-7-18(8-6-16)19(2,3)4/h5-8,15,17,20H,9-14H2,1-4H3. The summed E-state index contributed by atoms with van der Waals surface area (Å²) in [6.07, 6.45) is 5.36. The molecule has 1 atom stereocenters. The fourth-order valence-corrected chi connectivity index (χ4v) is 3.31. The Bertz CT molecular complexity index is 393. The lowest BCUT2D eigenvalue weighted by Gasteiger charge is -2.25. The Kier molecular flexibility index (Phi) is 5.26. The highest BCUT2D eigenvalue weighted by Crippen LogP contribution is 2.25. The van der Waals surface area contributed by atoms with Gasteiger partial charge in [-0.1, -0.05) is 52.0 Å². The van der Waals surface area contributed by atoms with Crippen molar-refractivity contribution >= 4 is 0 Å². The van der Waals surface area contributed by atoms with Crippen molar-refractivity contribution in [1.29, 1.82) is 0 Å². The summed E-state index contributed by atoms with van der Waals surface area (Å²) in [5.74, 6) is 1.75. The van der Waals surface area contributed by atoms with Crippen molar-refractivity contribution < 1.29 is 0 Å².